The van der Waals surface area contributed by atoms with E-state index in [9.17, 15) is 0 Å². The van der Waals surface area contributed by atoms with Crippen LogP contribution in [0.5, 0.6) is 0 Å². The molecule has 1 aromatic carbocycles. The number of aryl methyl sites for hydroxylation is 1. The molecule has 0 unspecified atom stereocenters. The Morgan fingerprint density at radius 3 is 2.47 bits per heavy atom. The Labute approximate surface area is 117 Å². The molecule has 1 aromatic rings. The monoisotopic (exact) mass is 261 g/mol. The van der Waals surface area contributed by atoms with Gasteiger partial charge in [-0.3, -0.25) is 0 Å². The zero-order chi connectivity index (χ0) is 13.8. The van der Waals surface area contributed by atoms with Gasteiger partial charge in [0.15, 0.2) is 0 Å². The van der Waals surface area contributed by atoms with Crippen molar-refractivity contribution in [2.24, 2.45) is 5.73 Å². The van der Waals surface area contributed by atoms with E-state index in [0.29, 0.717) is 0 Å². The first-order chi connectivity index (χ1) is 9.11. The third kappa shape index (κ3) is 3.48. The SMILES string of the molecule is Cc1cc(CCN)ccc1N1CCC(N(C)C)CC1. The Bertz CT molecular complexity index is 406. The maximum atomic E-state index is 5.62. The van der Waals surface area contributed by atoms with Gasteiger partial charge in [0.05, 0.1) is 0 Å². The van der Waals surface area contributed by atoms with Crippen LogP contribution in [-0.2, 0) is 6.42 Å². The lowest BCUT2D eigenvalue weighted by atomic mass is 10.0. The Morgan fingerprint density at radius 2 is 1.95 bits per heavy atom. The van der Waals surface area contributed by atoms with Crippen molar-refractivity contribution < 1.29 is 0 Å². The van der Waals surface area contributed by atoms with Gasteiger partial charge in [-0.2, -0.15) is 0 Å². The Hall–Kier alpha value is -1.06. The zero-order valence-electron chi connectivity index (χ0n) is 12.5. The van der Waals surface area contributed by atoms with E-state index in [1.54, 1.807) is 0 Å². The smallest absolute Gasteiger partial charge is 0.0396 e. The van der Waals surface area contributed by atoms with Gasteiger partial charge < -0.3 is 15.5 Å². The largest absolute Gasteiger partial charge is 0.371 e. The maximum absolute atomic E-state index is 5.62. The fraction of sp³-hybridized carbons (Fsp3) is 0.625. The molecule has 19 heavy (non-hydrogen) atoms. The molecule has 1 aliphatic heterocycles. The first-order valence-electron chi connectivity index (χ1n) is 7.33. The second-order valence-corrected chi connectivity index (χ2v) is 5.84. The number of hydrogen-bond acceptors (Lipinski definition) is 3. The van der Waals surface area contributed by atoms with Crippen LogP contribution < -0.4 is 10.6 Å². The summed E-state index contributed by atoms with van der Waals surface area (Å²) in [7, 11) is 4.38. The van der Waals surface area contributed by atoms with Crippen molar-refractivity contribution in [3.05, 3.63) is 29.3 Å². The lowest BCUT2D eigenvalue weighted by Crippen LogP contribution is -2.42. The molecule has 2 rings (SSSR count). The minimum atomic E-state index is 0.729. The van der Waals surface area contributed by atoms with Crippen LogP contribution in [-0.4, -0.2) is 44.7 Å². The Morgan fingerprint density at radius 1 is 1.26 bits per heavy atom. The molecule has 0 aromatic heterocycles. The van der Waals surface area contributed by atoms with Crippen molar-refractivity contribution in [1.82, 2.24) is 4.90 Å². The lowest BCUT2D eigenvalue weighted by molar-refractivity contribution is 0.249. The molecule has 0 aliphatic carbocycles. The van der Waals surface area contributed by atoms with E-state index in [0.717, 1.165) is 19.0 Å². The van der Waals surface area contributed by atoms with Gasteiger partial charge >= 0.3 is 0 Å². The maximum Gasteiger partial charge on any atom is 0.0396 e. The third-order valence-corrected chi connectivity index (χ3v) is 4.23. The van der Waals surface area contributed by atoms with Crippen LogP contribution in [0.15, 0.2) is 18.2 Å². The number of benzene rings is 1. The van der Waals surface area contributed by atoms with Crippen molar-refractivity contribution in [3.63, 3.8) is 0 Å². The van der Waals surface area contributed by atoms with Gasteiger partial charge in [0.25, 0.3) is 0 Å². The summed E-state index contributed by atoms with van der Waals surface area (Å²) in [5.74, 6) is 0. The van der Waals surface area contributed by atoms with Crippen LogP contribution in [0.3, 0.4) is 0 Å². The van der Waals surface area contributed by atoms with Crippen molar-refractivity contribution >= 4 is 5.69 Å². The second kappa shape index (κ2) is 6.40. The normalized spacial score (nSPS) is 17.2. The second-order valence-electron chi connectivity index (χ2n) is 5.84. The van der Waals surface area contributed by atoms with Crippen LogP contribution in [0.2, 0.25) is 0 Å². The quantitative estimate of drug-likeness (QED) is 0.900. The van der Waals surface area contributed by atoms with Crippen molar-refractivity contribution in [1.29, 1.82) is 0 Å². The van der Waals surface area contributed by atoms with Gasteiger partial charge in [-0.25, -0.2) is 0 Å². The summed E-state index contributed by atoms with van der Waals surface area (Å²) in [4.78, 5) is 4.89. The first kappa shape index (κ1) is 14.4. The number of anilines is 1. The highest BCUT2D eigenvalue weighted by Crippen LogP contribution is 2.25. The average Bonchev–Trinajstić information content (AvgIpc) is 2.39. The summed E-state index contributed by atoms with van der Waals surface area (Å²) in [6.07, 6.45) is 3.50. The topological polar surface area (TPSA) is 32.5 Å². The van der Waals surface area contributed by atoms with Crippen molar-refractivity contribution in [3.8, 4) is 0 Å². The predicted octanol–water partition coefficient (Wildman–Crippen LogP) is 2.03. The molecule has 3 nitrogen and oxygen atoms in total. The molecule has 1 aliphatic rings. The molecular weight excluding hydrogens is 234 g/mol. The van der Waals surface area contributed by atoms with E-state index in [4.69, 9.17) is 5.73 Å². The van der Waals surface area contributed by atoms with Crippen LogP contribution >= 0.6 is 0 Å². The Balaban J connectivity index is 2.03. The molecule has 0 saturated carbocycles. The molecule has 0 amide bonds. The van der Waals surface area contributed by atoms with E-state index >= 15 is 0 Å². The van der Waals surface area contributed by atoms with Crippen molar-refractivity contribution in [2.75, 3.05) is 38.6 Å². The van der Waals surface area contributed by atoms with E-state index in [1.165, 1.54) is 42.7 Å². The summed E-state index contributed by atoms with van der Waals surface area (Å²) in [6, 6.07) is 7.54. The molecule has 106 valence electrons. The number of piperidine rings is 1. The van der Waals surface area contributed by atoms with Gasteiger partial charge in [-0.15, -0.1) is 0 Å². The molecule has 0 bridgehead atoms. The summed E-state index contributed by atoms with van der Waals surface area (Å²) < 4.78 is 0. The van der Waals surface area contributed by atoms with Crippen LogP contribution in [0.4, 0.5) is 5.69 Å². The summed E-state index contributed by atoms with van der Waals surface area (Å²) in [5.41, 5.74) is 9.76. The van der Waals surface area contributed by atoms with Crippen LogP contribution in [0.25, 0.3) is 0 Å². The summed E-state index contributed by atoms with van der Waals surface area (Å²) >= 11 is 0. The zero-order valence-corrected chi connectivity index (χ0v) is 12.5. The van der Waals surface area contributed by atoms with Crippen molar-refractivity contribution in [2.45, 2.75) is 32.2 Å². The van der Waals surface area contributed by atoms with E-state index in [-0.39, 0.29) is 0 Å². The average molecular weight is 261 g/mol. The number of hydrogen-bond donors (Lipinski definition) is 1. The molecule has 1 saturated heterocycles. The predicted molar refractivity (Wildman–Crippen MR) is 82.9 cm³/mol. The van der Waals surface area contributed by atoms with E-state index in [1.807, 2.05) is 0 Å². The molecule has 1 heterocycles. The van der Waals surface area contributed by atoms with Gasteiger partial charge in [-0.1, -0.05) is 12.1 Å². The standard InChI is InChI=1S/C16H27N3/c1-13-12-14(6-9-17)4-5-16(13)19-10-7-15(8-11-19)18(2)3/h4-5,12,15H,6-11,17H2,1-3H3. The van der Waals surface area contributed by atoms with Crippen LogP contribution in [0, 0.1) is 6.92 Å². The molecule has 3 heteroatoms. The van der Waals surface area contributed by atoms with E-state index < -0.39 is 0 Å². The molecule has 0 radical (unpaired) electrons. The summed E-state index contributed by atoms with van der Waals surface area (Å²) in [5, 5.41) is 0. The molecule has 0 spiro atoms. The number of nitrogens with two attached hydrogens (primary N) is 1. The fourth-order valence-electron chi connectivity index (χ4n) is 3.02. The molecular formula is C16H27N3. The fourth-order valence-corrected chi connectivity index (χ4v) is 3.02. The Kier molecular flexibility index (Phi) is 4.83. The van der Waals surface area contributed by atoms with E-state index in [2.05, 4.69) is 49.0 Å². The highest BCUT2D eigenvalue weighted by Gasteiger charge is 2.21. The molecule has 2 N–H and O–H groups in total. The van der Waals surface area contributed by atoms with Gasteiger partial charge in [0, 0.05) is 24.8 Å². The third-order valence-electron chi connectivity index (χ3n) is 4.23. The summed E-state index contributed by atoms with van der Waals surface area (Å²) in [6.45, 7) is 5.28. The minimum absolute atomic E-state index is 0.729. The molecule has 0 atom stereocenters. The van der Waals surface area contributed by atoms with Gasteiger partial charge in [0.1, 0.15) is 0 Å². The first-order valence-corrected chi connectivity index (χ1v) is 7.33. The number of nitrogens with zero attached hydrogens (tertiary/aromatic N) is 2. The van der Waals surface area contributed by atoms with Crippen LogP contribution in [0.1, 0.15) is 24.0 Å². The highest BCUT2D eigenvalue weighted by molar-refractivity contribution is 5.54. The number of rotatable bonds is 4. The highest BCUT2D eigenvalue weighted by atomic mass is 15.2. The lowest BCUT2D eigenvalue weighted by Gasteiger charge is -2.37. The van der Waals surface area contributed by atoms with Gasteiger partial charge in [-0.05, 0) is 64.0 Å². The van der Waals surface area contributed by atoms with Gasteiger partial charge in [0.2, 0.25) is 0 Å². The minimum Gasteiger partial charge on any atom is -0.371 e. The molecule has 1 fully saturated rings.